The summed E-state index contributed by atoms with van der Waals surface area (Å²) < 4.78 is 31.0. The number of ketones is 1. The van der Waals surface area contributed by atoms with Gasteiger partial charge in [-0.25, -0.2) is 13.8 Å². The van der Waals surface area contributed by atoms with Gasteiger partial charge in [-0.1, -0.05) is 15.9 Å². The fourth-order valence-electron chi connectivity index (χ4n) is 2.35. The van der Waals surface area contributed by atoms with Crippen LogP contribution in [0, 0.1) is 11.6 Å². The van der Waals surface area contributed by atoms with Crippen LogP contribution in [0.5, 0.6) is 0 Å². The zero-order valence-electron chi connectivity index (χ0n) is 12.3. The van der Waals surface area contributed by atoms with E-state index in [0.29, 0.717) is 9.99 Å². The van der Waals surface area contributed by atoms with Gasteiger partial charge in [-0.2, -0.15) is 0 Å². The van der Waals surface area contributed by atoms with Gasteiger partial charge in [0.15, 0.2) is 11.6 Å². The molecule has 3 rings (SSSR count). The summed E-state index contributed by atoms with van der Waals surface area (Å²) in [6.07, 6.45) is 1.46. The number of hydrogen-bond acceptors (Lipinski definition) is 3. The number of carbonyl (C=O) groups excluding carboxylic acids is 1. The van der Waals surface area contributed by atoms with Crippen LogP contribution >= 0.6 is 15.9 Å². The van der Waals surface area contributed by atoms with E-state index in [2.05, 4.69) is 26.2 Å². The largest absolute Gasteiger partial charge is 0.350 e. The van der Waals surface area contributed by atoms with Crippen LogP contribution in [0.25, 0.3) is 11.0 Å². The fraction of sp³-hybridized carbons (Fsp3) is 0.125. The summed E-state index contributed by atoms with van der Waals surface area (Å²) in [5.41, 5.74) is 0.753. The lowest BCUT2D eigenvalue weighted by Crippen LogP contribution is -2.05. The van der Waals surface area contributed by atoms with Gasteiger partial charge >= 0.3 is 0 Å². The third-order valence-electron chi connectivity index (χ3n) is 3.53. The van der Waals surface area contributed by atoms with Crippen LogP contribution in [-0.4, -0.2) is 15.3 Å². The monoisotopic (exact) mass is 379 g/mol. The van der Waals surface area contributed by atoms with Crippen LogP contribution in [0.4, 0.5) is 20.2 Å². The van der Waals surface area contributed by atoms with E-state index in [4.69, 9.17) is 0 Å². The summed E-state index contributed by atoms with van der Waals surface area (Å²) in [6.45, 7) is 1.33. The lowest BCUT2D eigenvalue weighted by atomic mass is 10.1. The van der Waals surface area contributed by atoms with Crippen LogP contribution < -0.4 is 5.32 Å². The van der Waals surface area contributed by atoms with E-state index in [1.54, 1.807) is 23.7 Å². The Kier molecular flexibility index (Phi) is 3.89. The van der Waals surface area contributed by atoms with Gasteiger partial charge in [0.25, 0.3) is 0 Å². The van der Waals surface area contributed by atoms with Crippen LogP contribution in [0.15, 0.2) is 35.1 Å². The number of halogens is 3. The second-order valence-corrected chi connectivity index (χ2v) is 6.06. The molecular formula is C16H12BrF2N3O. The minimum Gasteiger partial charge on any atom is -0.350 e. The number of hydrogen-bond donors (Lipinski definition) is 1. The molecule has 0 saturated carbocycles. The SMILES string of the molecule is CC(=O)c1cc2c(ncn2C)c(F)c1Nc1ccc(Br)cc1F. The van der Waals surface area contributed by atoms with E-state index >= 15 is 0 Å². The minimum atomic E-state index is -0.685. The Morgan fingerprint density at radius 1 is 1.30 bits per heavy atom. The zero-order chi connectivity index (χ0) is 16.7. The molecule has 0 saturated heterocycles. The summed E-state index contributed by atoms with van der Waals surface area (Å²) in [4.78, 5) is 15.9. The highest BCUT2D eigenvalue weighted by molar-refractivity contribution is 9.10. The van der Waals surface area contributed by atoms with E-state index in [1.807, 2.05) is 0 Å². The van der Waals surface area contributed by atoms with Crippen LogP contribution in [0.3, 0.4) is 0 Å². The molecule has 0 amide bonds. The molecule has 0 unspecified atom stereocenters. The summed E-state index contributed by atoms with van der Waals surface area (Å²) in [5.74, 6) is -1.57. The van der Waals surface area contributed by atoms with Crippen molar-refractivity contribution in [1.29, 1.82) is 0 Å². The Morgan fingerprint density at radius 2 is 2.04 bits per heavy atom. The highest BCUT2D eigenvalue weighted by atomic mass is 79.9. The average molecular weight is 380 g/mol. The summed E-state index contributed by atoms with van der Waals surface area (Å²) in [5, 5.41) is 2.68. The van der Waals surface area contributed by atoms with Gasteiger partial charge in [0.2, 0.25) is 0 Å². The van der Waals surface area contributed by atoms with E-state index in [0.717, 1.165) is 0 Å². The number of nitrogens with zero attached hydrogens (tertiary/aromatic N) is 2. The van der Waals surface area contributed by atoms with Crippen molar-refractivity contribution >= 4 is 44.1 Å². The molecule has 1 heterocycles. The molecule has 118 valence electrons. The van der Waals surface area contributed by atoms with Crippen LogP contribution in [0.2, 0.25) is 0 Å². The molecule has 1 aromatic heterocycles. The molecule has 0 atom stereocenters. The second kappa shape index (κ2) is 5.73. The van der Waals surface area contributed by atoms with E-state index in [1.165, 1.54) is 25.4 Å². The number of nitrogens with one attached hydrogen (secondary N) is 1. The normalized spacial score (nSPS) is 11.0. The third-order valence-corrected chi connectivity index (χ3v) is 4.02. The first-order valence-electron chi connectivity index (χ1n) is 6.75. The molecule has 0 fully saturated rings. The number of carbonyl (C=O) groups is 1. The Hall–Kier alpha value is -2.28. The molecule has 0 aliphatic carbocycles. The number of aromatic nitrogens is 2. The van der Waals surface area contributed by atoms with Gasteiger partial charge in [0.05, 0.1) is 23.2 Å². The van der Waals surface area contributed by atoms with Crippen molar-refractivity contribution in [3.8, 4) is 0 Å². The Balaban J connectivity index is 2.21. The second-order valence-electron chi connectivity index (χ2n) is 5.14. The number of anilines is 2. The minimum absolute atomic E-state index is 0.0740. The van der Waals surface area contributed by atoms with E-state index in [9.17, 15) is 13.6 Å². The Bertz CT molecular complexity index is 937. The molecule has 0 aliphatic heterocycles. The standard InChI is InChI=1S/C16H12BrF2N3O/c1-8(23)10-6-13-16(20-7-22(13)2)14(19)15(10)21-12-4-3-9(17)5-11(12)18/h3-7,21H,1-2H3. The molecule has 7 heteroatoms. The maximum absolute atomic E-state index is 14.8. The summed E-state index contributed by atoms with van der Waals surface area (Å²) in [7, 11) is 1.71. The number of fused-ring (bicyclic) bond motifs is 1. The summed E-state index contributed by atoms with van der Waals surface area (Å²) >= 11 is 3.16. The first-order chi connectivity index (χ1) is 10.9. The molecule has 1 N–H and O–H groups in total. The predicted molar refractivity (Wildman–Crippen MR) is 88.1 cm³/mol. The summed E-state index contributed by atoms with van der Waals surface area (Å²) in [6, 6.07) is 5.89. The van der Waals surface area contributed by atoms with E-state index < -0.39 is 11.6 Å². The van der Waals surface area contributed by atoms with Crippen molar-refractivity contribution in [3.05, 3.63) is 52.3 Å². The Labute approximate surface area is 139 Å². The maximum Gasteiger partial charge on any atom is 0.175 e. The lowest BCUT2D eigenvalue weighted by Gasteiger charge is -2.13. The fourth-order valence-corrected chi connectivity index (χ4v) is 2.68. The highest BCUT2D eigenvalue weighted by Gasteiger charge is 2.20. The quantitative estimate of drug-likeness (QED) is 0.678. The van der Waals surface area contributed by atoms with Crippen molar-refractivity contribution in [2.24, 2.45) is 7.05 Å². The molecule has 2 aromatic carbocycles. The zero-order valence-corrected chi connectivity index (χ0v) is 13.9. The number of imidazole rings is 1. The van der Waals surface area contributed by atoms with Gasteiger partial charge in [-0.05, 0) is 31.2 Å². The highest BCUT2D eigenvalue weighted by Crippen LogP contribution is 2.32. The number of Topliss-reactive ketones (excluding diaryl/α,β-unsaturated/α-hetero) is 1. The van der Waals surface area contributed by atoms with Crippen LogP contribution in [-0.2, 0) is 7.05 Å². The van der Waals surface area contributed by atoms with Gasteiger partial charge in [0, 0.05) is 17.1 Å². The number of aryl methyl sites for hydroxylation is 1. The van der Waals surface area contributed by atoms with Crippen molar-refractivity contribution < 1.29 is 13.6 Å². The maximum atomic E-state index is 14.8. The van der Waals surface area contributed by atoms with Crippen molar-refractivity contribution in [1.82, 2.24) is 9.55 Å². The molecule has 0 bridgehead atoms. The van der Waals surface area contributed by atoms with Gasteiger partial charge in [-0.15, -0.1) is 0 Å². The van der Waals surface area contributed by atoms with Crippen molar-refractivity contribution in [2.45, 2.75) is 6.92 Å². The molecule has 4 nitrogen and oxygen atoms in total. The van der Waals surface area contributed by atoms with Crippen LogP contribution in [0.1, 0.15) is 17.3 Å². The third kappa shape index (κ3) is 2.72. The molecule has 3 aromatic rings. The van der Waals surface area contributed by atoms with Gasteiger partial charge < -0.3 is 9.88 Å². The first-order valence-corrected chi connectivity index (χ1v) is 7.54. The van der Waals surface area contributed by atoms with Crippen molar-refractivity contribution in [2.75, 3.05) is 5.32 Å². The average Bonchev–Trinajstić information content (AvgIpc) is 2.85. The molecule has 0 radical (unpaired) electrons. The number of benzene rings is 2. The Morgan fingerprint density at radius 3 is 2.70 bits per heavy atom. The lowest BCUT2D eigenvalue weighted by molar-refractivity contribution is 0.101. The molecule has 0 aliphatic rings. The van der Waals surface area contributed by atoms with E-state index in [-0.39, 0.29) is 28.2 Å². The van der Waals surface area contributed by atoms with Gasteiger partial charge in [0.1, 0.15) is 11.3 Å². The molecule has 0 spiro atoms. The smallest absolute Gasteiger partial charge is 0.175 e. The first kappa shape index (κ1) is 15.6. The number of rotatable bonds is 3. The van der Waals surface area contributed by atoms with Crippen molar-refractivity contribution in [3.63, 3.8) is 0 Å². The topological polar surface area (TPSA) is 46.9 Å². The molecule has 23 heavy (non-hydrogen) atoms. The predicted octanol–water partition coefficient (Wildman–Crippen LogP) is 4.56. The van der Waals surface area contributed by atoms with Gasteiger partial charge in [-0.3, -0.25) is 4.79 Å². The molecular weight excluding hydrogens is 368 g/mol.